The van der Waals surface area contributed by atoms with Crippen LogP contribution in [-0.2, 0) is 0 Å². The average Bonchev–Trinajstić information content (AvgIpc) is 2.43. The monoisotopic (exact) mass is 339 g/mol. The minimum atomic E-state index is -0.457. The second kappa shape index (κ2) is 5.92. The molecule has 0 heterocycles. The van der Waals surface area contributed by atoms with Crippen LogP contribution in [0.4, 0.5) is 10.1 Å². The molecule has 0 radical (unpaired) electrons. The molecular formula is C14H11BrFNO3. The molecule has 0 fully saturated rings. The Balaban J connectivity index is 2.25. The van der Waals surface area contributed by atoms with Crippen molar-refractivity contribution < 1.29 is 19.0 Å². The minimum Gasteiger partial charge on any atom is -0.507 e. The normalized spacial score (nSPS) is 10.2. The second-order valence-corrected chi connectivity index (χ2v) is 4.82. The molecule has 2 aromatic rings. The number of phenolic OH excluding ortho intramolecular Hbond substituents is 1. The number of hydrogen-bond donors (Lipinski definition) is 2. The molecule has 1 amide bonds. The van der Waals surface area contributed by atoms with Gasteiger partial charge in [0.05, 0.1) is 17.3 Å². The number of rotatable bonds is 3. The summed E-state index contributed by atoms with van der Waals surface area (Å²) in [6.45, 7) is 0. The number of aromatic hydroxyl groups is 1. The highest BCUT2D eigenvalue weighted by Crippen LogP contribution is 2.27. The molecule has 20 heavy (non-hydrogen) atoms. The van der Waals surface area contributed by atoms with Gasteiger partial charge in [0, 0.05) is 11.6 Å². The minimum absolute atomic E-state index is 0.0382. The Bertz CT molecular complexity index is 661. The summed E-state index contributed by atoms with van der Waals surface area (Å²) in [5, 5.41) is 12.1. The van der Waals surface area contributed by atoms with Gasteiger partial charge >= 0.3 is 0 Å². The zero-order valence-electron chi connectivity index (χ0n) is 10.5. The fourth-order valence-electron chi connectivity index (χ4n) is 1.62. The van der Waals surface area contributed by atoms with Crippen molar-refractivity contribution in [1.29, 1.82) is 0 Å². The van der Waals surface area contributed by atoms with Crippen LogP contribution in [0.25, 0.3) is 0 Å². The first-order chi connectivity index (χ1) is 9.51. The van der Waals surface area contributed by atoms with Gasteiger partial charge in [0.2, 0.25) is 0 Å². The largest absolute Gasteiger partial charge is 0.507 e. The van der Waals surface area contributed by atoms with Crippen molar-refractivity contribution in [3.05, 3.63) is 52.3 Å². The molecule has 2 rings (SSSR count). The number of amides is 1. The van der Waals surface area contributed by atoms with E-state index in [2.05, 4.69) is 21.2 Å². The van der Waals surface area contributed by atoms with Gasteiger partial charge in [0.15, 0.2) is 0 Å². The van der Waals surface area contributed by atoms with Crippen molar-refractivity contribution >= 4 is 27.5 Å². The topological polar surface area (TPSA) is 58.6 Å². The van der Waals surface area contributed by atoms with Crippen LogP contribution in [0, 0.1) is 5.82 Å². The Morgan fingerprint density at radius 1 is 1.30 bits per heavy atom. The van der Waals surface area contributed by atoms with E-state index in [0.717, 1.165) is 0 Å². The Morgan fingerprint density at radius 3 is 2.70 bits per heavy atom. The van der Waals surface area contributed by atoms with Gasteiger partial charge in [-0.3, -0.25) is 4.79 Å². The van der Waals surface area contributed by atoms with Crippen molar-refractivity contribution in [3.63, 3.8) is 0 Å². The molecule has 2 aromatic carbocycles. The van der Waals surface area contributed by atoms with E-state index in [-0.39, 0.29) is 17.1 Å². The zero-order chi connectivity index (χ0) is 14.7. The molecule has 0 atom stereocenters. The van der Waals surface area contributed by atoms with E-state index in [0.29, 0.717) is 10.2 Å². The third kappa shape index (κ3) is 3.08. The predicted octanol–water partition coefficient (Wildman–Crippen LogP) is 3.55. The number of ether oxygens (including phenoxy) is 1. The highest BCUT2D eigenvalue weighted by Gasteiger charge is 2.12. The standard InChI is InChI=1S/C14H11BrFNO3/c1-20-13-7-9(16)3-5-11(13)17-14(19)8-2-4-10(15)12(18)6-8/h2-7,18H,1H3,(H,17,19). The summed E-state index contributed by atoms with van der Waals surface area (Å²) in [5.41, 5.74) is 0.624. The average molecular weight is 340 g/mol. The summed E-state index contributed by atoms with van der Waals surface area (Å²) in [5.74, 6) is -0.706. The van der Waals surface area contributed by atoms with Crippen LogP contribution >= 0.6 is 15.9 Å². The smallest absolute Gasteiger partial charge is 0.255 e. The molecule has 0 saturated heterocycles. The third-order valence-corrected chi connectivity index (χ3v) is 3.29. The molecule has 0 unspecified atom stereocenters. The molecular weight excluding hydrogens is 329 g/mol. The molecule has 4 nitrogen and oxygen atoms in total. The lowest BCUT2D eigenvalue weighted by Crippen LogP contribution is -2.12. The Morgan fingerprint density at radius 2 is 2.05 bits per heavy atom. The lowest BCUT2D eigenvalue weighted by atomic mass is 10.2. The molecule has 0 aromatic heterocycles. The number of benzene rings is 2. The second-order valence-electron chi connectivity index (χ2n) is 3.96. The van der Waals surface area contributed by atoms with Crippen LogP contribution in [0.2, 0.25) is 0 Å². The SMILES string of the molecule is COc1cc(F)ccc1NC(=O)c1ccc(Br)c(O)c1. The number of anilines is 1. The van der Waals surface area contributed by atoms with E-state index in [4.69, 9.17) is 4.74 Å². The summed E-state index contributed by atoms with van der Waals surface area (Å²) in [6, 6.07) is 8.24. The molecule has 0 bridgehead atoms. The lowest BCUT2D eigenvalue weighted by molar-refractivity contribution is 0.102. The van der Waals surface area contributed by atoms with Crippen molar-refractivity contribution in [2.75, 3.05) is 12.4 Å². The molecule has 0 saturated carbocycles. The van der Waals surface area contributed by atoms with Gasteiger partial charge in [0.25, 0.3) is 5.91 Å². The molecule has 0 spiro atoms. The maximum atomic E-state index is 13.1. The van der Waals surface area contributed by atoms with Gasteiger partial charge in [-0.2, -0.15) is 0 Å². The van der Waals surface area contributed by atoms with Crippen molar-refractivity contribution in [2.45, 2.75) is 0 Å². The number of carbonyl (C=O) groups excluding carboxylic acids is 1. The maximum Gasteiger partial charge on any atom is 0.255 e. The Kier molecular flexibility index (Phi) is 4.24. The van der Waals surface area contributed by atoms with Gasteiger partial charge < -0.3 is 15.2 Å². The summed E-state index contributed by atoms with van der Waals surface area (Å²) in [4.78, 5) is 12.0. The van der Waals surface area contributed by atoms with E-state index < -0.39 is 11.7 Å². The first-order valence-electron chi connectivity index (χ1n) is 5.64. The van der Waals surface area contributed by atoms with Gasteiger partial charge in [-0.25, -0.2) is 4.39 Å². The number of hydrogen-bond acceptors (Lipinski definition) is 3. The number of methoxy groups -OCH3 is 1. The third-order valence-electron chi connectivity index (χ3n) is 2.62. The molecule has 0 aliphatic heterocycles. The first kappa shape index (κ1) is 14.3. The van der Waals surface area contributed by atoms with Crippen LogP contribution in [0.15, 0.2) is 40.9 Å². The van der Waals surface area contributed by atoms with Crippen LogP contribution in [-0.4, -0.2) is 18.1 Å². The number of nitrogens with one attached hydrogen (secondary N) is 1. The van der Waals surface area contributed by atoms with Gasteiger partial charge in [0.1, 0.15) is 17.3 Å². The molecule has 0 aliphatic carbocycles. The molecule has 104 valence electrons. The van der Waals surface area contributed by atoms with Crippen LogP contribution in [0.3, 0.4) is 0 Å². The highest BCUT2D eigenvalue weighted by atomic mass is 79.9. The maximum absolute atomic E-state index is 13.1. The van der Waals surface area contributed by atoms with E-state index in [9.17, 15) is 14.3 Å². The van der Waals surface area contributed by atoms with E-state index in [1.54, 1.807) is 12.1 Å². The molecule has 6 heteroatoms. The summed E-state index contributed by atoms with van der Waals surface area (Å²) >= 11 is 3.13. The van der Waals surface area contributed by atoms with Crippen LogP contribution in [0.5, 0.6) is 11.5 Å². The first-order valence-corrected chi connectivity index (χ1v) is 6.44. The zero-order valence-corrected chi connectivity index (χ0v) is 12.1. The fraction of sp³-hybridized carbons (Fsp3) is 0.0714. The number of halogens is 2. The number of phenols is 1. The number of carbonyl (C=O) groups is 1. The van der Waals surface area contributed by atoms with Gasteiger partial charge in [-0.15, -0.1) is 0 Å². The highest BCUT2D eigenvalue weighted by molar-refractivity contribution is 9.10. The van der Waals surface area contributed by atoms with E-state index in [1.807, 2.05) is 0 Å². The quantitative estimate of drug-likeness (QED) is 0.898. The lowest BCUT2D eigenvalue weighted by Gasteiger charge is -2.10. The molecule has 2 N–H and O–H groups in total. The van der Waals surface area contributed by atoms with Gasteiger partial charge in [-0.05, 0) is 46.3 Å². The Hall–Kier alpha value is -2.08. The Labute approximate surface area is 123 Å². The summed E-state index contributed by atoms with van der Waals surface area (Å²) in [7, 11) is 1.38. The van der Waals surface area contributed by atoms with Crippen molar-refractivity contribution in [2.24, 2.45) is 0 Å². The van der Waals surface area contributed by atoms with Crippen LogP contribution in [0.1, 0.15) is 10.4 Å². The van der Waals surface area contributed by atoms with Crippen molar-refractivity contribution in [1.82, 2.24) is 0 Å². The summed E-state index contributed by atoms with van der Waals surface area (Å²) in [6.07, 6.45) is 0. The van der Waals surface area contributed by atoms with E-state index >= 15 is 0 Å². The van der Waals surface area contributed by atoms with E-state index in [1.165, 1.54) is 31.4 Å². The van der Waals surface area contributed by atoms with Crippen molar-refractivity contribution in [3.8, 4) is 11.5 Å². The summed E-state index contributed by atoms with van der Waals surface area (Å²) < 4.78 is 18.5. The fourth-order valence-corrected chi connectivity index (χ4v) is 1.86. The van der Waals surface area contributed by atoms with Crippen LogP contribution < -0.4 is 10.1 Å². The molecule has 0 aliphatic rings. The predicted molar refractivity (Wildman–Crippen MR) is 76.7 cm³/mol. The van der Waals surface area contributed by atoms with Gasteiger partial charge in [-0.1, -0.05) is 0 Å².